The van der Waals surface area contributed by atoms with Gasteiger partial charge in [0.25, 0.3) is 0 Å². The van der Waals surface area contributed by atoms with E-state index in [0.29, 0.717) is 5.82 Å². The highest BCUT2D eigenvalue weighted by Crippen LogP contribution is 2.18. The minimum Gasteiger partial charge on any atom is -0.383 e. The summed E-state index contributed by atoms with van der Waals surface area (Å²) in [4.78, 5) is 11.2. The predicted octanol–water partition coefficient (Wildman–Crippen LogP) is 0.745. The van der Waals surface area contributed by atoms with Crippen molar-refractivity contribution in [3.8, 4) is 0 Å². The Morgan fingerprint density at radius 3 is 2.89 bits per heavy atom. The van der Waals surface area contributed by atoms with E-state index in [1.807, 2.05) is 24.3 Å². The predicted molar refractivity (Wildman–Crippen MR) is 71.8 cm³/mol. The summed E-state index contributed by atoms with van der Waals surface area (Å²) in [6, 6.07) is 8.10. The van der Waals surface area contributed by atoms with Crippen LogP contribution in [0.1, 0.15) is 12.2 Å². The van der Waals surface area contributed by atoms with Crippen molar-refractivity contribution in [1.29, 1.82) is 0 Å². The Morgan fingerprint density at radius 1 is 1.28 bits per heavy atom. The van der Waals surface area contributed by atoms with Crippen molar-refractivity contribution in [2.24, 2.45) is 5.73 Å². The fraction of sp³-hybridized carbons (Fsp3) is 0.385. The number of aromatic nitrogens is 2. The fourth-order valence-corrected chi connectivity index (χ4v) is 2.43. The molecule has 3 rings (SSSR count). The molecular weight excluding hydrogens is 226 g/mol. The van der Waals surface area contributed by atoms with Crippen LogP contribution in [0.5, 0.6) is 0 Å². The average molecular weight is 243 g/mol. The molecule has 0 spiro atoms. The van der Waals surface area contributed by atoms with Crippen LogP contribution >= 0.6 is 0 Å². The third-order valence-electron chi connectivity index (χ3n) is 3.35. The second-order valence-electron chi connectivity index (χ2n) is 4.83. The van der Waals surface area contributed by atoms with Gasteiger partial charge in [-0.15, -0.1) is 0 Å². The lowest BCUT2D eigenvalue weighted by molar-refractivity contribution is 0.319. The van der Waals surface area contributed by atoms with Crippen molar-refractivity contribution in [1.82, 2.24) is 14.9 Å². The van der Waals surface area contributed by atoms with Crippen molar-refractivity contribution in [3.05, 3.63) is 30.1 Å². The zero-order valence-corrected chi connectivity index (χ0v) is 10.2. The van der Waals surface area contributed by atoms with E-state index in [1.165, 1.54) is 0 Å². The van der Waals surface area contributed by atoms with E-state index in [9.17, 15) is 0 Å². The molecule has 1 aromatic heterocycles. The molecule has 2 heterocycles. The van der Waals surface area contributed by atoms with Crippen LogP contribution in [0.3, 0.4) is 0 Å². The van der Waals surface area contributed by atoms with Gasteiger partial charge in [-0.1, -0.05) is 12.1 Å². The van der Waals surface area contributed by atoms with Gasteiger partial charge in [-0.05, 0) is 18.6 Å². The summed E-state index contributed by atoms with van der Waals surface area (Å²) in [5.74, 6) is 1.33. The molecule has 1 atom stereocenters. The van der Waals surface area contributed by atoms with Crippen molar-refractivity contribution in [3.63, 3.8) is 0 Å². The maximum atomic E-state index is 5.96. The molecule has 1 saturated heterocycles. The van der Waals surface area contributed by atoms with Gasteiger partial charge >= 0.3 is 0 Å². The Morgan fingerprint density at radius 2 is 2.11 bits per heavy atom. The molecule has 0 aliphatic carbocycles. The van der Waals surface area contributed by atoms with Gasteiger partial charge in [-0.25, -0.2) is 9.97 Å². The molecule has 18 heavy (non-hydrogen) atoms. The van der Waals surface area contributed by atoms with E-state index >= 15 is 0 Å². The van der Waals surface area contributed by atoms with Crippen LogP contribution in [-0.2, 0) is 6.54 Å². The number of benzene rings is 1. The number of fused-ring (bicyclic) bond motifs is 1. The lowest BCUT2D eigenvalue weighted by Gasteiger charge is -2.14. The summed E-state index contributed by atoms with van der Waals surface area (Å²) in [5, 5.41) is 0.916. The minimum absolute atomic E-state index is 0.280. The van der Waals surface area contributed by atoms with Gasteiger partial charge in [0.1, 0.15) is 11.6 Å². The highest BCUT2D eigenvalue weighted by atomic mass is 15.2. The lowest BCUT2D eigenvalue weighted by Crippen LogP contribution is -2.27. The van der Waals surface area contributed by atoms with Gasteiger partial charge in [-0.3, -0.25) is 4.90 Å². The Balaban J connectivity index is 1.88. The van der Waals surface area contributed by atoms with Gasteiger partial charge in [0, 0.05) is 24.5 Å². The van der Waals surface area contributed by atoms with E-state index < -0.39 is 0 Å². The second kappa shape index (κ2) is 4.51. The van der Waals surface area contributed by atoms with Crippen LogP contribution in [0.2, 0.25) is 0 Å². The van der Waals surface area contributed by atoms with Crippen molar-refractivity contribution < 1.29 is 0 Å². The first-order valence-corrected chi connectivity index (χ1v) is 6.21. The Kier molecular flexibility index (Phi) is 2.85. The van der Waals surface area contributed by atoms with Crippen LogP contribution in [-0.4, -0.2) is 34.0 Å². The van der Waals surface area contributed by atoms with Gasteiger partial charge < -0.3 is 11.5 Å². The first-order valence-electron chi connectivity index (χ1n) is 6.21. The molecule has 1 aliphatic heterocycles. The third-order valence-corrected chi connectivity index (χ3v) is 3.35. The minimum atomic E-state index is 0.280. The lowest BCUT2D eigenvalue weighted by atomic mass is 10.2. The third kappa shape index (κ3) is 2.14. The number of rotatable bonds is 2. The second-order valence-corrected chi connectivity index (χ2v) is 4.83. The number of nitrogen functional groups attached to an aromatic ring is 1. The summed E-state index contributed by atoms with van der Waals surface area (Å²) in [7, 11) is 0. The van der Waals surface area contributed by atoms with Crippen LogP contribution < -0.4 is 11.5 Å². The SMILES string of the molecule is Nc1nc(CN2CCC(N)C2)nc2ccccc12. The molecule has 0 bridgehead atoms. The smallest absolute Gasteiger partial charge is 0.145 e. The number of anilines is 1. The zero-order chi connectivity index (χ0) is 12.5. The molecular formula is C13H17N5. The quantitative estimate of drug-likeness (QED) is 0.813. The monoisotopic (exact) mass is 243 g/mol. The maximum Gasteiger partial charge on any atom is 0.145 e. The standard InChI is InChI=1S/C13H17N5/c14-9-5-6-18(7-9)8-12-16-11-4-2-1-3-10(11)13(15)17-12/h1-4,9H,5-8,14H2,(H2,15,16,17). The summed E-state index contributed by atoms with van der Waals surface area (Å²) < 4.78 is 0. The van der Waals surface area contributed by atoms with Crippen LogP contribution in [0.4, 0.5) is 5.82 Å². The van der Waals surface area contributed by atoms with E-state index in [2.05, 4.69) is 14.9 Å². The molecule has 1 unspecified atom stereocenters. The molecule has 5 nitrogen and oxygen atoms in total. The van der Waals surface area contributed by atoms with Crippen molar-refractivity contribution in [2.75, 3.05) is 18.8 Å². The highest BCUT2D eigenvalue weighted by Gasteiger charge is 2.20. The summed E-state index contributed by atoms with van der Waals surface area (Å²) in [5.41, 5.74) is 12.8. The van der Waals surface area contributed by atoms with Gasteiger partial charge in [-0.2, -0.15) is 0 Å². The van der Waals surface area contributed by atoms with E-state index in [1.54, 1.807) is 0 Å². The van der Waals surface area contributed by atoms with E-state index in [-0.39, 0.29) is 6.04 Å². The first kappa shape index (κ1) is 11.4. The molecule has 1 aliphatic rings. The molecule has 1 fully saturated rings. The van der Waals surface area contributed by atoms with Gasteiger partial charge in [0.2, 0.25) is 0 Å². The van der Waals surface area contributed by atoms with Crippen LogP contribution in [0, 0.1) is 0 Å². The maximum absolute atomic E-state index is 5.96. The van der Waals surface area contributed by atoms with Crippen LogP contribution in [0.15, 0.2) is 24.3 Å². The number of nitrogens with zero attached hydrogens (tertiary/aromatic N) is 3. The van der Waals surface area contributed by atoms with Crippen molar-refractivity contribution in [2.45, 2.75) is 19.0 Å². The largest absolute Gasteiger partial charge is 0.383 e. The zero-order valence-electron chi connectivity index (χ0n) is 10.2. The van der Waals surface area contributed by atoms with Gasteiger partial charge in [0.15, 0.2) is 0 Å². The number of likely N-dealkylation sites (tertiary alicyclic amines) is 1. The molecule has 2 aromatic rings. The van der Waals surface area contributed by atoms with Crippen LogP contribution in [0.25, 0.3) is 10.9 Å². The number of nitrogens with two attached hydrogens (primary N) is 2. The van der Waals surface area contributed by atoms with Gasteiger partial charge in [0.05, 0.1) is 12.1 Å². The molecule has 1 aromatic carbocycles. The molecule has 5 heteroatoms. The fourth-order valence-electron chi connectivity index (χ4n) is 2.43. The molecule has 94 valence electrons. The summed E-state index contributed by atoms with van der Waals surface area (Å²) in [6.07, 6.45) is 1.04. The Hall–Kier alpha value is -1.72. The normalized spacial score (nSPS) is 20.6. The van der Waals surface area contributed by atoms with Crippen molar-refractivity contribution >= 4 is 16.7 Å². The Bertz CT molecular complexity index is 568. The summed E-state index contributed by atoms with van der Waals surface area (Å²) in [6.45, 7) is 2.65. The summed E-state index contributed by atoms with van der Waals surface area (Å²) >= 11 is 0. The molecule has 0 saturated carbocycles. The Labute approximate surface area is 106 Å². The number of hydrogen-bond donors (Lipinski definition) is 2. The topological polar surface area (TPSA) is 81.1 Å². The van der Waals surface area contributed by atoms with E-state index in [0.717, 1.165) is 42.8 Å². The average Bonchev–Trinajstić information content (AvgIpc) is 2.75. The van der Waals surface area contributed by atoms with E-state index in [4.69, 9.17) is 11.5 Å². The number of hydrogen-bond acceptors (Lipinski definition) is 5. The highest BCUT2D eigenvalue weighted by molar-refractivity contribution is 5.87. The molecule has 4 N–H and O–H groups in total. The first-order chi connectivity index (χ1) is 8.72. The molecule has 0 radical (unpaired) electrons. The molecule has 0 amide bonds. The number of para-hydroxylation sites is 1.